The van der Waals surface area contributed by atoms with E-state index < -0.39 is 5.97 Å². The Morgan fingerprint density at radius 2 is 2.06 bits per heavy atom. The van der Waals surface area contributed by atoms with E-state index in [1.54, 1.807) is 19.1 Å². The van der Waals surface area contributed by atoms with Gasteiger partial charge in [-0.2, -0.15) is 0 Å². The molecular formula is C12H16N4O2. The predicted octanol–water partition coefficient (Wildman–Crippen LogP) is 1.95. The first-order chi connectivity index (χ1) is 8.28. The summed E-state index contributed by atoms with van der Waals surface area (Å²) in [4.78, 5) is 15.3. The van der Waals surface area contributed by atoms with E-state index in [1.807, 2.05) is 20.8 Å². The summed E-state index contributed by atoms with van der Waals surface area (Å²) in [5.41, 5.74) is 0.953. The number of carbonyl (C=O) groups is 1. The number of nitrogens with zero attached hydrogens (tertiary/aromatic N) is 3. The van der Waals surface area contributed by atoms with E-state index in [4.69, 9.17) is 5.11 Å². The van der Waals surface area contributed by atoms with Crippen LogP contribution in [0.3, 0.4) is 0 Å². The first-order valence-corrected chi connectivity index (χ1v) is 5.66. The van der Waals surface area contributed by atoms with Crippen molar-refractivity contribution >= 4 is 17.4 Å². The molecule has 0 aliphatic heterocycles. The van der Waals surface area contributed by atoms with Gasteiger partial charge in [0.05, 0.1) is 5.69 Å². The van der Waals surface area contributed by atoms with Crippen molar-refractivity contribution in [2.45, 2.75) is 33.2 Å². The number of nitrogens with one attached hydrogen (secondary N) is 1. The lowest BCUT2D eigenvalue weighted by atomic mass is 10.1. The molecule has 0 saturated carbocycles. The maximum Gasteiger partial charge on any atom is 0.356 e. The van der Waals surface area contributed by atoms with Gasteiger partial charge in [0.25, 0.3) is 0 Å². The quantitative estimate of drug-likeness (QED) is 0.849. The molecule has 0 unspecified atom stereocenters. The van der Waals surface area contributed by atoms with E-state index in [0.717, 1.165) is 0 Å². The Morgan fingerprint density at radius 1 is 1.39 bits per heavy atom. The molecule has 2 N–H and O–H groups in total. The van der Waals surface area contributed by atoms with E-state index in [0.29, 0.717) is 17.2 Å². The lowest BCUT2D eigenvalue weighted by Gasteiger charge is -2.21. The molecular weight excluding hydrogens is 232 g/mol. The third-order valence-corrected chi connectivity index (χ3v) is 2.36. The number of carboxylic acids is 1. The molecule has 0 aliphatic rings. The number of aryl methyl sites for hydroxylation is 1. The minimum Gasteiger partial charge on any atom is -0.476 e. The van der Waals surface area contributed by atoms with Crippen molar-refractivity contribution in [3.05, 3.63) is 23.5 Å². The maximum atomic E-state index is 11.2. The summed E-state index contributed by atoms with van der Waals surface area (Å²) in [6, 6.07) is 3.54. The molecule has 0 aliphatic carbocycles. The van der Waals surface area contributed by atoms with Crippen LogP contribution >= 0.6 is 0 Å². The monoisotopic (exact) mass is 248 g/mol. The number of rotatable bonds is 2. The first-order valence-electron chi connectivity index (χ1n) is 5.66. The number of imidazole rings is 1. The normalized spacial score (nSPS) is 11.8. The van der Waals surface area contributed by atoms with Gasteiger partial charge in [-0.1, -0.05) is 0 Å². The summed E-state index contributed by atoms with van der Waals surface area (Å²) in [5, 5.41) is 16.6. The number of fused-ring (bicyclic) bond motifs is 1. The van der Waals surface area contributed by atoms with Crippen LogP contribution in [0.2, 0.25) is 0 Å². The fourth-order valence-corrected chi connectivity index (χ4v) is 1.74. The average molecular weight is 248 g/mol. The van der Waals surface area contributed by atoms with Crippen LogP contribution in [0.15, 0.2) is 12.1 Å². The molecule has 0 saturated heterocycles. The Kier molecular flexibility index (Phi) is 2.73. The zero-order valence-corrected chi connectivity index (χ0v) is 10.9. The maximum absolute atomic E-state index is 11.2. The van der Waals surface area contributed by atoms with Gasteiger partial charge < -0.3 is 10.4 Å². The second kappa shape index (κ2) is 3.97. The smallest absolute Gasteiger partial charge is 0.356 e. The van der Waals surface area contributed by atoms with Crippen molar-refractivity contribution in [1.82, 2.24) is 14.6 Å². The van der Waals surface area contributed by atoms with Gasteiger partial charge in [-0.05, 0) is 39.8 Å². The molecule has 2 heterocycles. The number of carboxylic acid groups (broad SMARTS) is 1. The van der Waals surface area contributed by atoms with Crippen molar-refractivity contribution < 1.29 is 9.90 Å². The highest BCUT2D eigenvalue weighted by Crippen LogP contribution is 2.15. The Morgan fingerprint density at radius 3 is 2.61 bits per heavy atom. The van der Waals surface area contributed by atoms with Gasteiger partial charge in [0.15, 0.2) is 11.3 Å². The molecule has 2 rings (SSSR count). The fraction of sp³-hybridized carbons (Fsp3) is 0.417. The zero-order valence-electron chi connectivity index (χ0n) is 10.9. The third-order valence-electron chi connectivity index (χ3n) is 2.36. The van der Waals surface area contributed by atoms with Crippen molar-refractivity contribution in [2.75, 3.05) is 5.32 Å². The average Bonchev–Trinajstić information content (AvgIpc) is 2.50. The van der Waals surface area contributed by atoms with Crippen molar-refractivity contribution in [3.63, 3.8) is 0 Å². The number of aromatic carboxylic acids is 1. The molecule has 0 amide bonds. The van der Waals surface area contributed by atoms with Crippen LogP contribution in [0.4, 0.5) is 5.82 Å². The molecule has 0 fully saturated rings. The van der Waals surface area contributed by atoms with Crippen LogP contribution in [0.1, 0.15) is 37.0 Å². The molecule has 18 heavy (non-hydrogen) atoms. The number of anilines is 1. The van der Waals surface area contributed by atoms with Crippen LogP contribution in [-0.4, -0.2) is 31.2 Å². The number of hydrogen-bond donors (Lipinski definition) is 2. The largest absolute Gasteiger partial charge is 0.476 e. The second-order valence-corrected chi connectivity index (χ2v) is 5.21. The van der Waals surface area contributed by atoms with Gasteiger partial charge in [0, 0.05) is 5.54 Å². The molecule has 6 nitrogen and oxygen atoms in total. The molecule has 0 atom stereocenters. The summed E-state index contributed by atoms with van der Waals surface area (Å²) in [6.45, 7) is 7.69. The van der Waals surface area contributed by atoms with Gasteiger partial charge in [-0.25, -0.2) is 14.3 Å². The standard InChI is InChI=1S/C12H16N4O2/c1-7-10(11(17)18)16-9(13-7)6-5-8(15-16)14-12(2,3)4/h5-6H,1-4H3,(H,14,15)(H,17,18). The van der Waals surface area contributed by atoms with Gasteiger partial charge in [-0.15, -0.1) is 5.10 Å². The number of aromatic nitrogens is 3. The minimum atomic E-state index is -1.03. The summed E-state index contributed by atoms with van der Waals surface area (Å²) < 4.78 is 1.35. The minimum absolute atomic E-state index is 0.0996. The van der Waals surface area contributed by atoms with Crippen molar-refractivity contribution in [2.24, 2.45) is 0 Å². The summed E-state index contributed by atoms with van der Waals surface area (Å²) in [6.07, 6.45) is 0. The van der Waals surface area contributed by atoms with Crippen molar-refractivity contribution in [1.29, 1.82) is 0 Å². The van der Waals surface area contributed by atoms with Crippen molar-refractivity contribution in [3.8, 4) is 0 Å². The highest BCUT2D eigenvalue weighted by atomic mass is 16.4. The van der Waals surface area contributed by atoms with E-state index in [1.165, 1.54) is 4.52 Å². The highest BCUT2D eigenvalue weighted by molar-refractivity contribution is 5.88. The second-order valence-electron chi connectivity index (χ2n) is 5.21. The van der Waals surface area contributed by atoms with Crippen LogP contribution in [0.25, 0.3) is 5.65 Å². The van der Waals surface area contributed by atoms with E-state index in [9.17, 15) is 4.79 Å². The SMILES string of the molecule is Cc1nc2ccc(NC(C)(C)C)nn2c1C(=O)O. The molecule has 0 spiro atoms. The van der Waals surface area contributed by atoms with Gasteiger partial charge in [-0.3, -0.25) is 0 Å². The molecule has 2 aromatic heterocycles. The van der Waals surface area contributed by atoms with Crippen LogP contribution in [0.5, 0.6) is 0 Å². The molecule has 0 radical (unpaired) electrons. The lowest BCUT2D eigenvalue weighted by Crippen LogP contribution is -2.27. The van der Waals surface area contributed by atoms with E-state index >= 15 is 0 Å². The molecule has 2 aromatic rings. The Bertz CT molecular complexity index is 610. The molecule has 6 heteroatoms. The Balaban J connectivity index is 2.56. The van der Waals surface area contributed by atoms with Gasteiger partial charge >= 0.3 is 5.97 Å². The Hall–Kier alpha value is -2.11. The highest BCUT2D eigenvalue weighted by Gasteiger charge is 2.18. The molecule has 0 bridgehead atoms. The molecule has 96 valence electrons. The fourth-order valence-electron chi connectivity index (χ4n) is 1.74. The van der Waals surface area contributed by atoms with Crippen LogP contribution < -0.4 is 5.32 Å². The van der Waals surface area contributed by atoms with Gasteiger partial charge in [0.2, 0.25) is 0 Å². The lowest BCUT2D eigenvalue weighted by molar-refractivity contribution is 0.0687. The zero-order chi connectivity index (χ0) is 13.5. The van der Waals surface area contributed by atoms with Gasteiger partial charge in [0.1, 0.15) is 5.82 Å². The van der Waals surface area contributed by atoms with E-state index in [-0.39, 0.29) is 11.2 Å². The third kappa shape index (κ3) is 2.27. The topological polar surface area (TPSA) is 79.5 Å². The molecule has 0 aromatic carbocycles. The first kappa shape index (κ1) is 12.3. The Labute approximate surface area is 105 Å². The summed E-state index contributed by atoms with van der Waals surface area (Å²) >= 11 is 0. The number of hydrogen-bond acceptors (Lipinski definition) is 4. The van der Waals surface area contributed by atoms with E-state index in [2.05, 4.69) is 15.4 Å². The van der Waals surface area contributed by atoms with Crippen LogP contribution in [-0.2, 0) is 0 Å². The summed E-state index contributed by atoms with van der Waals surface area (Å²) in [7, 11) is 0. The van der Waals surface area contributed by atoms with Crippen LogP contribution in [0, 0.1) is 6.92 Å². The predicted molar refractivity (Wildman–Crippen MR) is 68.1 cm³/mol. The summed E-state index contributed by atoms with van der Waals surface area (Å²) in [5.74, 6) is -0.407.